The highest BCUT2D eigenvalue weighted by Gasteiger charge is 2.17. The van der Waals surface area contributed by atoms with Gasteiger partial charge in [0.05, 0.1) is 7.11 Å². The van der Waals surface area contributed by atoms with Gasteiger partial charge in [0.15, 0.2) is 0 Å². The van der Waals surface area contributed by atoms with Crippen molar-refractivity contribution >= 4 is 0 Å². The van der Waals surface area contributed by atoms with Crippen LogP contribution in [0.1, 0.15) is 32.4 Å². The van der Waals surface area contributed by atoms with Gasteiger partial charge >= 0.3 is 0 Å². The van der Waals surface area contributed by atoms with Crippen molar-refractivity contribution in [1.82, 2.24) is 5.32 Å². The molecule has 0 fully saturated rings. The molecular weight excluding hydrogens is 200 g/mol. The molecule has 1 aromatic carbocycles. The Morgan fingerprint density at radius 3 is 2.19 bits per heavy atom. The fraction of sp³-hybridized carbons (Fsp3) is 0.538. The fourth-order valence-electron chi connectivity index (χ4n) is 1.64. The molecule has 3 nitrogen and oxygen atoms in total. The summed E-state index contributed by atoms with van der Waals surface area (Å²) in [5.41, 5.74) is 7.04. The molecule has 3 heteroatoms. The summed E-state index contributed by atoms with van der Waals surface area (Å²) in [5.74, 6) is 0.871. The molecule has 0 saturated heterocycles. The quantitative estimate of drug-likeness (QED) is 0.820. The van der Waals surface area contributed by atoms with Crippen LogP contribution in [0.3, 0.4) is 0 Å². The summed E-state index contributed by atoms with van der Waals surface area (Å²) >= 11 is 0. The van der Waals surface area contributed by atoms with Gasteiger partial charge in [-0.3, -0.25) is 0 Å². The van der Waals surface area contributed by atoms with Gasteiger partial charge in [0.25, 0.3) is 0 Å². The van der Waals surface area contributed by atoms with Crippen LogP contribution in [-0.4, -0.2) is 19.2 Å². The molecular formula is C13H22N2O. The Hall–Kier alpha value is -1.06. The maximum atomic E-state index is 5.79. The summed E-state index contributed by atoms with van der Waals surface area (Å²) in [4.78, 5) is 0. The van der Waals surface area contributed by atoms with Crippen molar-refractivity contribution in [2.24, 2.45) is 5.73 Å². The van der Waals surface area contributed by atoms with E-state index in [0.717, 1.165) is 5.75 Å². The predicted octanol–water partition coefficient (Wildman–Crippen LogP) is 2.08. The third-order valence-corrected chi connectivity index (χ3v) is 2.36. The van der Waals surface area contributed by atoms with Gasteiger partial charge in [0.1, 0.15) is 5.75 Å². The Kier molecular flexibility index (Phi) is 4.33. The topological polar surface area (TPSA) is 47.3 Å². The molecule has 0 radical (unpaired) electrons. The number of ether oxygens (including phenoxy) is 1. The van der Waals surface area contributed by atoms with E-state index < -0.39 is 0 Å². The molecule has 0 aliphatic heterocycles. The molecule has 90 valence electrons. The van der Waals surface area contributed by atoms with Gasteiger partial charge in [-0.15, -0.1) is 0 Å². The minimum absolute atomic E-state index is 0.0595. The second-order valence-corrected chi connectivity index (χ2v) is 4.96. The first kappa shape index (κ1) is 13.0. The molecule has 1 aromatic rings. The second-order valence-electron chi connectivity index (χ2n) is 4.96. The normalized spacial score (nSPS) is 13.6. The number of rotatable bonds is 4. The van der Waals surface area contributed by atoms with E-state index in [2.05, 4.69) is 38.2 Å². The molecule has 1 rings (SSSR count). The molecule has 0 aromatic heterocycles. The zero-order chi connectivity index (χ0) is 12.2. The maximum Gasteiger partial charge on any atom is 0.118 e. The van der Waals surface area contributed by atoms with E-state index in [9.17, 15) is 0 Å². The molecule has 0 bridgehead atoms. The Labute approximate surface area is 98.0 Å². The third-order valence-electron chi connectivity index (χ3n) is 2.36. The van der Waals surface area contributed by atoms with Crippen molar-refractivity contribution < 1.29 is 4.74 Å². The lowest BCUT2D eigenvalue weighted by Gasteiger charge is -2.28. The molecule has 3 N–H and O–H groups in total. The number of methoxy groups -OCH3 is 1. The minimum atomic E-state index is 0.0595. The van der Waals surface area contributed by atoms with Crippen molar-refractivity contribution in [3.05, 3.63) is 29.8 Å². The van der Waals surface area contributed by atoms with E-state index in [0.29, 0.717) is 6.54 Å². The Morgan fingerprint density at radius 1 is 1.25 bits per heavy atom. The summed E-state index contributed by atoms with van der Waals surface area (Å²) in [6.07, 6.45) is 0. The molecule has 0 aliphatic carbocycles. The van der Waals surface area contributed by atoms with Crippen LogP contribution in [0.5, 0.6) is 5.75 Å². The zero-order valence-corrected chi connectivity index (χ0v) is 10.6. The molecule has 0 aliphatic rings. The van der Waals surface area contributed by atoms with Crippen molar-refractivity contribution in [3.8, 4) is 5.75 Å². The number of nitrogens with two attached hydrogens (primary N) is 1. The monoisotopic (exact) mass is 222 g/mol. The van der Waals surface area contributed by atoms with Crippen LogP contribution in [0.15, 0.2) is 24.3 Å². The Balaban J connectivity index is 2.79. The fourth-order valence-corrected chi connectivity index (χ4v) is 1.64. The van der Waals surface area contributed by atoms with Gasteiger partial charge in [0.2, 0.25) is 0 Å². The van der Waals surface area contributed by atoms with Gasteiger partial charge in [0, 0.05) is 18.1 Å². The van der Waals surface area contributed by atoms with E-state index in [1.807, 2.05) is 12.1 Å². The molecule has 0 spiro atoms. The van der Waals surface area contributed by atoms with Gasteiger partial charge in [-0.2, -0.15) is 0 Å². The van der Waals surface area contributed by atoms with Crippen LogP contribution in [0.4, 0.5) is 0 Å². The van der Waals surface area contributed by atoms with Crippen molar-refractivity contribution in [2.75, 3.05) is 13.7 Å². The van der Waals surface area contributed by atoms with Crippen LogP contribution in [0.2, 0.25) is 0 Å². The first-order chi connectivity index (χ1) is 7.46. The van der Waals surface area contributed by atoms with Gasteiger partial charge in [-0.1, -0.05) is 12.1 Å². The largest absolute Gasteiger partial charge is 0.497 e. The summed E-state index contributed by atoms with van der Waals surface area (Å²) in [6, 6.07) is 8.21. The number of hydrogen-bond acceptors (Lipinski definition) is 3. The lowest BCUT2D eigenvalue weighted by molar-refractivity contribution is 0.366. The summed E-state index contributed by atoms with van der Waals surface area (Å²) in [6.45, 7) is 7.00. The molecule has 0 heterocycles. The van der Waals surface area contributed by atoms with Crippen LogP contribution >= 0.6 is 0 Å². The Morgan fingerprint density at radius 2 is 1.81 bits per heavy atom. The van der Waals surface area contributed by atoms with Crippen LogP contribution in [-0.2, 0) is 0 Å². The summed E-state index contributed by atoms with van der Waals surface area (Å²) < 4.78 is 5.13. The van der Waals surface area contributed by atoms with Crippen molar-refractivity contribution in [1.29, 1.82) is 0 Å². The van der Waals surface area contributed by atoms with E-state index >= 15 is 0 Å². The van der Waals surface area contributed by atoms with Gasteiger partial charge < -0.3 is 15.8 Å². The van der Waals surface area contributed by atoms with Crippen LogP contribution in [0, 0.1) is 0 Å². The van der Waals surface area contributed by atoms with E-state index in [1.165, 1.54) is 5.56 Å². The maximum absolute atomic E-state index is 5.79. The average Bonchev–Trinajstić information content (AvgIpc) is 2.25. The molecule has 0 amide bonds. The first-order valence-electron chi connectivity index (χ1n) is 5.58. The first-order valence-corrected chi connectivity index (χ1v) is 5.58. The minimum Gasteiger partial charge on any atom is -0.497 e. The lowest BCUT2D eigenvalue weighted by Crippen LogP contribution is -2.41. The van der Waals surface area contributed by atoms with Gasteiger partial charge in [-0.05, 0) is 38.5 Å². The van der Waals surface area contributed by atoms with E-state index in [-0.39, 0.29) is 11.6 Å². The molecule has 1 atom stereocenters. The highest BCUT2D eigenvalue weighted by atomic mass is 16.5. The van der Waals surface area contributed by atoms with Crippen LogP contribution < -0.4 is 15.8 Å². The summed E-state index contributed by atoms with van der Waals surface area (Å²) in [7, 11) is 1.67. The highest BCUT2D eigenvalue weighted by molar-refractivity contribution is 5.29. The average molecular weight is 222 g/mol. The second kappa shape index (κ2) is 5.32. The zero-order valence-electron chi connectivity index (χ0n) is 10.6. The highest BCUT2D eigenvalue weighted by Crippen LogP contribution is 2.19. The predicted molar refractivity (Wildman–Crippen MR) is 67.7 cm³/mol. The number of benzene rings is 1. The molecule has 1 unspecified atom stereocenters. The standard InChI is InChI=1S/C13H22N2O/c1-13(2,3)15-12(9-14)10-5-7-11(16-4)8-6-10/h5-8,12,15H,9,14H2,1-4H3. The van der Waals surface area contributed by atoms with E-state index in [4.69, 9.17) is 10.5 Å². The summed E-state index contributed by atoms with van der Waals surface area (Å²) in [5, 5.41) is 3.49. The molecule has 16 heavy (non-hydrogen) atoms. The third kappa shape index (κ3) is 3.83. The SMILES string of the molecule is COc1ccc(C(CN)NC(C)(C)C)cc1. The smallest absolute Gasteiger partial charge is 0.118 e. The Bertz CT molecular complexity index is 314. The lowest BCUT2D eigenvalue weighted by atomic mass is 10.0. The number of hydrogen-bond donors (Lipinski definition) is 2. The van der Waals surface area contributed by atoms with E-state index in [1.54, 1.807) is 7.11 Å². The number of nitrogens with one attached hydrogen (secondary N) is 1. The van der Waals surface area contributed by atoms with Crippen molar-refractivity contribution in [3.63, 3.8) is 0 Å². The van der Waals surface area contributed by atoms with Gasteiger partial charge in [-0.25, -0.2) is 0 Å². The van der Waals surface area contributed by atoms with Crippen LogP contribution in [0.25, 0.3) is 0 Å². The molecule has 0 saturated carbocycles. The van der Waals surface area contributed by atoms with Crippen molar-refractivity contribution in [2.45, 2.75) is 32.4 Å².